The van der Waals surface area contributed by atoms with Crippen LogP contribution in [0.25, 0.3) is 0 Å². The normalized spacial score (nSPS) is 9.96. The average molecular weight is 402 g/mol. The summed E-state index contributed by atoms with van der Waals surface area (Å²) in [7, 11) is 3.97. The summed E-state index contributed by atoms with van der Waals surface area (Å²) in [6, 6.07) is 8.91. The number of halogens is 4. The predicted octanol–water partition coefficient (Wildman–Crippen LogP) is 2.62. The number of carbonyl (C=O) groups excluding carboxylic acids is 1. The highest BCUT2D eigenvalue weighted by molar-refractivity contribution is 5.70. The van der Waals surface area contributed by atoms with Gasteiger partial charge in [-0.1, -0.05) is 6.07 Å². The van der Waals surface area contributed by atoms with Crippen molar-refractivity contribution in [2.24, 2.45) is 0 Å². The van der Waals surface area contributed by atoms with Crippen LogP contribution in [0.4, 0.5) is 23.2 Å². The maximum absolute atomic E-state index is 13.6. The minimum atomic E-state index is -5.19. The van der Waals surface area contributed by atoms with Gasteiger partial charge in [0, 0.05) is 31.9 Å². The molecule has 1 aromatic heterocycles. The molecule has 1 aromatic carbocycles. The Bertz CT molecular complexity index is 748. The number of aliphatic carboxylic acids is 1. The molecule has 0 aliphatic rings. The highest BCUT2D eigenvalue weighted by atomic mass is 19.4. The molecular formula is C19H22F4N2O3. The summed E-state index contributed by atoms with van der Waals surface area (Å²) in [6.07, 6.45) is -1.39. The number of carboxylic acid groups (broad SMARTS) is 1. The molecule has 0 spiro atoms. The van der Waals surface area contributed by atoms with Crippen molar-refractivity contribution in [3.05, 3.63) is 67.3 Å². The van der Waals surface area contributed by atoms with E-state index in [0.29, 0.717) is 0 Å². The molecule has 0 aliphatic heterocycles. The lowest BCUT2D eigenvalue weighted by molar-refractivity contribution is -0.724. The molecular weight excluding hydrogens is 380 g/mol. The third-order valence-corrected chi connectivity index (χ3v) is 3.08. The second-order valence-corrected chi connectivity index (χ2v) is 5.46. The number of pyridine rings is 1. The zero-order valence-corrected chi connectivity index (χ0v) is 15.8. The van der Waals surface area contributed by atoms with Gasteiger partial charge in [-0.15, -0.1) is 13.2 Å². The highest BCUT2D eigenvalue weighted by Gasteiger charge is 2.28. The molecule has 0 bridgehead atoms. The van der Waals surface area contributed by atoms with Gasteiger partial charge in [0.15, 0.2) is 24.0 Å². The fourth-order valence-electron chi connectivity index (χ4n) is 1.70. The van der Waals surface area contributed by atoms with Gasteiger partial charge in [-0.2, -0.15) is 17.7 Å². The second-order valence-electron chi connectivity index (χ2n) is 5.46. The number of benzene rings is 1. The minimum absolute atomic E-state index is 0.273. The molecule has 0 unspecified atom stereocenters. The highest BCUT2D eigenvalue weighted by Crippen LogP contribution is 2.17. The van der Waals surface area contributed by atoms with Gasteiger partial charge in [-0.25, -0.2) is 4.39 Å². The van der Waals surface area contributed by atoms with Crippen LogP contribution in [0.5, 0.6) is 5.75 Å². The van der Waals surface area contributed by atoms with Gasteiger partial charge >= 0.3 is 6.18 Å². The number of anilines is 1. The van der Waals surface area contributed by atoms with E-state index in [1.807, 2.05) is 61.1 Å². The number of rotatable bonds is 4. The second kappa shape index (κ2) is 11.6. The van der Waals surface area contributed by atoms with Gasteiger partial charge in [0.1, 0.15) is 5.97 Å². The molecule has 0 aliphatic carbocycles. The number of ether oxygens (including phenoxy) is 1. The first-order chi connectivity index (χ1) is 13.0. The zero-order chi connectivity index (χ0) is 21.9. The maximum atomic E-state index is 13.6. The molecule has 0 atom stereocenters. The molecule has 0 N–H and O–H groups in total. The van der Waals surface area contributed by atoms with Crippen LogP contribution < -0.4 is 19.3 Å². The lowest BCUT2D eigenvalue weighted by Crippen LogP contribution is -2.37. The van der Waals surface area contributed by atoms with Gasteiger partial charge in [0.25, 0.3) is 6.73 Å². The first-order valence-corrected chi connectivity index (χ1v) is 7.84. The maximum Gasteiger partial charge on any atom is 0.430 e. The lowest BCUT2D eigenvalue weighted by Gasteiger charge is -2.10. The van der Waals surface area contributed by atoms with E-state index in [2.05, 4.69) is 13.2 Å². The van der Waals surface area contributed by atoms with Crippen LogP contribution in [0.2, 0.25) is 0 Å². The lowest BCUT2D eigenvalue weighted by atomic mass is 10.2. The van der Waals surface area contributed by atoms with Crippen LogP contribution in [-0.4, -0.2) is 26.2 Å². The summed E-state index contributed by atoms with van der Waals surface area (Å²) >= 11 is 0. The molecule has 0 amide bonds. The molecule has 2 aromatic rings. The topological polar surface area (TPSA) is 56.5 Å². The molecule has 5 nitrogen and oxygen atoms in total. The summed E-state index contributed by atoms with van der Waals surface area (Å²) in [5, 5.41) is 8.78. The molecule has 28 heavy (non-hydrogen) atoms. The number of hydrogen-bond donors (Lipinski definition) is 0. The van der Waals surface area contributed by atoms with Crippen LogP contribution in [-0.2, 0) is 11.5 Å². The van der Waals surface area contributed by atoms with Crippen LogP contribution in [0.3, 0.4) is 0 Å². The smallest absolute Gasteiger partial charge is 0.430 e. The fourth-order valence-corrected chi connectivity index (χ4v) is 1.70. The van der Waals surface area contributed by atoms with E-state index in [0.717, 1.165) is 11.3 Å². The van der Waals surface area contributed by atoms with Crippen molar-refractivity contribution >= 4 is 11.7 Å². The summed E-state index contributed by atoms with van der Waals surface area (Å²) in [4.78, 5) is 10.8. The van der Waals surface area contributed by atoms with Crippen LogP contribution in [0, 0.1) is 12.7 Å². The monoisotopic (exact) mass is 402 g/mol. The van der Waals surface area contributed by atoms with E-state index in [9.17, 15) is 17.6 Å². The third-order valence-electron chi connectivity index (χ3n) is 3.08. The van der Waals surface area contributed by atoms with Crippen molar-refractivity contribution in [2.45, 2.75) is 19.8 Å². The first kappa shape index (κ1) is 24.9. The molecule has 2 rings (SSSR count). The van der Waals surface area contributed by atoms with Crippen molar-refractivity contribution in [3.63, 3.8) is 0 Å². The number of hydrogen-bond acceptors (Lipinski definition) is 4. The zero-order valence-electron chi connectivity index (χ0n) is 15.8. The van der Waals surface area contributed by atoms with Gasteiger partial charge < -0.3 is 19.5 Å². The summed E-state index contributed by atoms with van der Waals surface area (Å²) in [5.74, 6) is -3.06. The summed E-state index contributed by atoms with van der Waals surface area (Å²) < 4.78 is 52.4. The van der Waals surface area contributed by atoms with Gasteiger partial charge in [0.2, 0.25) is 0 Å². The Kier molecular flexibility index (Phi) is 10.3. The Morgan fingerprint density at radius 3 is 2.07 bits per heavy atom. The van der Waals surface area contributed by atoms with E-state index in [1.165, 1.54) is 6.07 Å². The van der Waals surface area contributed by atoms with Gasteiger partial charge in [-0.3, -0.25) is 0 Å². The molecule has 0 saturated carbocycles. The Morgan fingerprint density at radius 1 is 1.18 bits per heavy atom. The number of carboxylic acids is 1. The van der Waals surface area contributed by atoms with E-state index >= 15 is 0 Å². The standard InChI is InChI=1S/C15H18FN2O.C2HF3O2.C2H4/c1-12-4-5-15(14(16)10-12)19-11-18-8-6-13(7-9-18)17(2)3;3-2(4,5)1(6)7;1-2/h4-10H,11H2,1-3H3;(H,6,7);1-2H2/q+1;;/p-1. The number of nitrogens with zero attached hydrogens (tertiary/aromatic N) is 2. The van der Waals surface area contributed by atoms with E-state index in [-0.39, 0.29) is 18.3 Å². The largest absolute Gasteiger partial charge is 0.542 e. The summed E-state index contributed by atoms with van der Waals surface area (Å²) in [6.45, 7) is 8.13. The Labute approximate surface area is 161 Å². The van der Waals surface area contributed by atoms with Crippen LogP contribution >= 0.6 is 0 Å². The fraction of sp³-hybridized carbons (Fsp3) is 0.263. The Balaban J connectivity index is 0.000000688. The van der Waals surface area contributed by atoms with Crippen molar-refractivity contribution in [1.29, 1.82) is 0 Å². The summed E-state index contributed by atoms with van der Waals surface area (Å²) in [5.41, 5.74) is 1.99. The van der Waals surface area contributed by atoms with Gasteiger partial charge in [0.05, 0.1) is 0 Å². The molecule has 0 fully saturated rings. The molecule has 9 heteroatoms. The van der Waals surface area contributed by atoms with Crippen molar-refractivity contribution < 1.29 is 36.8 Å². The SMILES string of the molecule is C=C.Cc1ccc(OC[n+]2ccc(N(C)C)cc2)c(F)c1.O=C([O-])C(F)(F)F. The van der Waals surface area contributed by atoms with Crippen LogP contribution in [0.15, 0.2) is 55.9 Å². The predicted molar refractivity (Wildman–Crippen MR) is 95.0 cm³/mol. The molecule has 0 saturated heterocycles. The molecule has 0 radical (unpaired) electrons. The van der Waals surface area contributed by atoms with Crippen molar-refractivity contribution in [2.75, 3.05) is 19.0 Å². The number of carbonyl (C=O) groups is 1. The number of aryl methyl sites for hydroxylation is 1. The third kappa shape index (κ3) is 9.02. The quantitative estimate of drug-likeness (QED) is 0.448. The Hall–Kier alpha value is -3.10. The van der Waals surface area contributed by atoms with Gasteiger partial charge in [-0.05, 0) is 24.6 Å². The number of alkyl halides is 3. The van der Waals surface area contributed by atoms with Crippen LogP contribution in [0.1, 0.15) is 5.56 Å². The van der Waals surface area contributed by atoms with E-state index in [4.69, 9.17) is 14.6 Å². The van der Waals surface area contributed by atoms with E-state index in [1.54, 1.807) is 6.07 Å². The molecule has 154 valence electrons. The minimum Gasteiger partial charge on any atom is -0.542 e. The first-order valence-electron chi connectivity index (χ1n) is 7.84. The average Bonchev–Trinajstić information content (AvgIpc) is 2.63. The van der Waals surface area contributed by atoms with Crippen molar-refractivity contribution in [1.82, 2.24) is 0 Å². The number of aromatic nitrogens is 1. The Morgan fingerprint density at radius 2 is 1.68 bits per heavy atom. The van der Waals surface area contributed by atoms with E-state index < -0.39 is 12.1 Å². The molecule has 1 heterocycles. The van der Waals surface area contributed by atoms with Crippen molar-refractivity contribution in [3.8, 4) is 5.75 Å².